The summed E-state index contributed by atoms with van der Waals surface area (Å²) >= 11 is 1.13. The molecular formula is C37H40F3N7O5S. The number of nitrogen functional groups attached to an aromatic ring is 1. The third kappa shape index (κ3) is 5.54. The molecule has 2 aromatic carbocycles. The minimum Gasteiger partial charge on any atom is -0.461 e. The Morgan fingerprint density at radius 3 is 2.60 bits per heavy atom. The van der Waals surface area contributed by atoms with Crippen molar-refractivity contribution >= 4 is 43.1 Å². The van der Waals surface area contributed by atoms with Crippen LogP contribution in [0.4, 0.5) is 24.0 Å². The quantitative estimate of drug-likeness (QED) is 0.197. The molecule has 5 aliphatic rings. The number of fused-ring (bicyclic) bond motifs is 7. The van der Waals surface area contributed by atoms with E-state index < -0.39 is 42.2 Å². The van der Waals surface area contributed by atoms with Crippen molar-refractivity contribution in [2.75, 3.05) is 56.6 Å². The number of nitriles is 1. The number of alkyl halides is 1. The van der Waals surface area contributed by atoms with Crippen LogP contribution in [0.15, 0.2) is 12.1 Å². The Morgan fingerprint density at radius 1 is 1.08 bits per heavy atom. The predicted molar refractivity (Wildman–Crippen MR) is 191 cm³/mol. The molecule has 53 heavy (non-hydrogen) atoms. The molecule has 2 bridgehead atoms. The highest BCUT2D eigenvalue weighted by molar-refractivity contribution is 7.23. The third-order valence-electron chi connectivity index (χ3n) is 12.1. The number of halogens is 3. The Kier molecular flexibility index (Phi) is 8.69. The van der Waals surface area contributed by atoms with Gasteiger partial charge in [0, 0.05) is 65.9 Å². The number of nitrogens with two attached hydrogens (primary N) is 1. The Hall–Kier alpha value is -3.82. The van der Waals surface area contributed by atoms with Gasteiger partial charge in [-0.25, -0.2) is 13.2 Å². The van der Waals surface area contributed by atoms with Gasteiger partial charge in [-0.1, -0.05) is 0 Å². The Balaban J connectivity index is 1.21. The van der Waals surface area contributed by atoms with Crippen molar-refractivity contribution in [3.8, 4) is 23.2 Å². The third-order valence-corrected chi connectivity index (χ3v) is 13.0. The molecule has 4 saturated heterocycles. The monoisotopic (exact) mass is 751 g/mol. The zero-order valence-electron chi connectivity index (χ0n) is 28.9. The molecule has 5 aliphatic heterocycles. The molecule has 16 heteroatoms. The molecule has 0 amide bonds. The lowest BCUT2D eigenvalue weighted by Gasteiger charge is -2.43. The van der Waals surface area contributed by atoms with E-state index in [2.05, 4.69) is 25.8 Å². The van der Waals surface area contributed by atoms with E-state index in [9.17, 15) is 25.0 Å². The number of thiophene rings is 1. The standard InChI is InChI=1S/C37H40F3N7O5S/c38-18-8-37(6-1-7-46(37)10-18)17-52-36-43-33-30(35(44-36)47-19-2-3-20(47)12-45(11-19)13-25(49)26(50)14-48)23-16-51-15-22(23)29(32(33)40)31-24(39)4-5-27-28(31)21(9-41)34(42)53-27/h4-5,18-20,25-26,48-50H,1-3,6-8,10-17,42H2/t18-,19?,20?,25+,26-,37+/m1/s1. The molecule has 0 radical (unpaired) electrons. The van der Waals surface area contributed by atoms with Crippen molar-refractivity contribution < 1.29 is 38.0 Å². The van der Waals surface area contributed by atoms with Crippen molar-refractivity contribution in [1.29, 1.82) is 5.26 Å². The number of rotatable bonds is 9. The van der Waals surface area contributed by atoms with Crippen molar-refractivity contribution in [1.82, 2.24) is 19.8 Å². The number of aliphatic hydroxyl groups is 3. The number of benzene rings is 2. The van der Waals surface area contributed by atoms with Gasteiger partial charge in [0.25, 0.3) is 0 Å². The first-order chi connectivity index (χ1) is 25.6. The van der Waals surface area contributed by atoms with E-state index >= 15 is 8.78 Å². The zero-order valence-corrected chi connectivity index (χ0v) is 29.7. The number of ether oxygens (including phenoxy) is 2. The Labute approximate surface area is 307 Å². The summed E-state index contributed by atoms with van der Waals surface area (Å²) in [5, 5.41) is 40.8. The number of hydrogen-bond acceptors (Lipinski definition) is 13. The normalized spacial score (nSPS) is 26.7. The fraction of sp³-hybridized carbons (Fsp3) is 0.541. The molecular weight excluding hydrogens is 712 g/mol. The van der Waals surface area contributed by atoms with Gasteiger partial charge in [0.15, 0.2) is 5.82 Å². The second-order valence-corrected chi connectivity index (χ2v) is 16.2. The number of piperazine rings is 1. The molecule has 7 heterocycles. The van der Waals surface area contributed by atoms with Gasteiger partial charge >= 0.3 is 6.01 Å². The number of hydrogen-bond donors (Lipinski definition) is 4. The highest BCUT2D eigenvalue weighted by Gasteiger charge is 2.50. The summed E-state index contributed by atoms with van der Waals surface area (Å²) in [5.74, 6) is -1.04. The first-order valence-electron chi connectivity index (χ1n) is 18.1. The SMILES string of the molecule is N#Cc1c(N)sc2ccc(F)c(-c3c4c(c5c(N6C7CCC6CN(C[C@H](O)[C@H](O)CO)C7)nc(OC[C@@]67CCCN6C[C@H](F)C7)nc5c3F)COC4)c12. The van der Waals surface area contributed by atoms with Crippen LogP contribution in [-0.2, 0) is 18.0 Å². The fourth-order valence-corrected chi connectivity index (χ4v) is 10.6. The molecule has 5 N–H and O–H groups in total. The average Bonchev–Trinajstić information content (AvgIpc) is 3.95. The van der Waals surface area contributed by atoms with Gasteiger partial charge in [-0.2, -0.15) is 15.2 Å². The lowest BCUT2D eigenvalue weighted by atomic mass is 9.90. The zero-order chi connectivity index (χ0) is 36.8. The minimum absolute atomic E-state index is 0.00100. The van der Waals surface area contributed by atoms with E-state index in [-0.39, 0.29) is 77.1 Å². The first kappa shape index (κ1) is 34.9. The van der Waals surface area contributed by atoms with E-state index in [1.165, 1.54) is 12.1 Å². The fourth-order valence-electron chi connectivity index (χ4n) is 9.68. The predicted octanol–water partition coefficient (Wildman–Crippen LogP) is 3.60. The van der Waals surface area contributed by atoms with Crippen LogP contribution in [-0.4, -0.2) is 117 Å². The average molecular weight is 752 g/mol. The molecule has 4 aromatic rings. The smallest absolute Gasteiger partial charge is 0.319 e. The van der Waals surface area contributed by atoms with Crippen molar-refractivity contribution in [2.45, 2.75) is 81.3 Å². The van der Waals surface area contributed by atoms with Crippen molar-refractivity contribution in [2.24, 2.45) is 0 Å². The molecule has 0 saturated carbocycles. The van der Waals surface area contributed by atoms with E-state index in [0.717, 1.165) is 43.6 Å². The molecule has 6 atom stereocenters. The van der Waals surface area contributed by atoms with E-state index in [4.69, 9.17) is 20.2 Å². The van der Waals surface area contributed by atoms with Gasteiger partial charge in [0.2, 0.25) is 0 Å². The number of β-amino-alcohol motifs (C(OH)–C–C–N with tert-alkyl or cyclic N) is 1. The van der Waals surface area contributed by atoms with Crippen LogP contribution in [0.5, 0.6) is 6.01 Å². The number of anilines is 2. The second-order valence-electron chi connectivity index (χ2n) is 15.1. The molecule has 280 valence electrons. The van der Waals surface area contributed by atoms with Crippen LogP contribution in [0.3, 0.4) is 0 Å². The van der Waals surface area contributed by atoms with Gasteiger partial charge in [-0.15, -0.1) is 11.3 Å². The Morgan fingerprint density at radius 2 is 1.85 bits per heavy atom. The number of likely N-dealkylation sites (tertiary alicyclic amines) is 1. The maximum atomic E-state index is 17.6. The van der Waals surface area contributed by atoms with Crippen LogP contribution in [0.2, 0.25) is 0 Å². The first-order valence-corrected chi connectivity index (χ1v) is 19.0. The molecule has 9 rings (SSSR count). The largest absolute Gasteiger partial charge is 0.461 e. The lowest BCUT2D eigenvalue weighted by molar-refractivity contribution is -0.0317. The van der Waals surface area contributed by atoms with Crippen LogP contribution in [0.25, 0.3) is 32.1 Å². The van der Waals surface area contributed by atoms with E-state index in [1.54, 1.807) is 0 Å². The molecule has 0 aliphatic carbocycles. The van der Waals surface area contributed by atoms with Crippen LogP contribution in [0.1, 0.15) is 48.8 Å². The van der Waals surface area contributed by atoms with Gasteiger partial charge in [0.05, 0.1) is 42.4 Å². The van der Waals surface area contributed by atoms with Crippen LogP contribution in [0, 0.1) is 23.0 Å². The molecule has 12 nitrogen and oxygen atoms in total. The maximum Gasteiger partial charge on any atom is 0.319 e. The van der Waals surface area contributed by atoms with Crippen LogP contribution < -0.4 is 15.4 Å². The van der Waals surface area contributed by atoms with Gasteiger partial charge < -0.3 is 35.4 Å². The molecule has 0 spiro atoms. The van der Waals surface area contributed by atoms with E-state index in [0.29, 0.717) is 53.1 Å². The van der Waals surface area contributed by atoms with Gasteiger partial charge in [0.1, 0.15) is 47.1 Å². The van der Waals surface area contributed by atoms with Crippen LogP contribution >= 0.6 is 11.3 Å². The van der Waals surface area contributed by atoms with Gasteiger partial charge in [-0.3, -0.25) is 9.80 Å². The highest BCUT2D eigenvalue weighted by atomic mass is 32.1. The highest BCUT2D eigenvalue weighted by Crippen LogP contribution is 2.49. The summed E-state index contributed by atoms with van der Waals surface area (Å²) in [7, 11) is 0. The summed E-state index contributed by atoms with van der Waals surface area (Å²) in [6.45, 7) is 1.99. The number of nitrogens with zero attached hydrogens (tertiary/aromatic N) is 6. The summed E-state index contributed by atoms with van der Waals surface area (Å²) in [6.07, 6.45) is 0.224. The number of aromatic nitrogens is 2. The Bertz CT molecular complexity index is 2150. The summed E-state index contributed by atoms with van der Waals surface area (Å²) in [4.78, 5) is 16.0. The second kappa shape index (κ2) is 13.2. The summed E-state index contributed by atoms with van der Waals surface area (Å²) < 4.78 is 61.2. The van der Waals surface area contributed by atoms with E-state index in [1.807, 2.05) is 0 Å². The summed E-state index contributed by atoms with van der Waals surface area (Å²) in [5.41, 5.74) is 6.64. The van der Waals surface area contributed by atoms with Crippen molar-refractivity contribution in [3.05, 3.63) is 40.5 Å². The molecule has 2 aromatic heterocycles. The topological polar surface area (TPSA) is 164 Å². The molecule has 2 unspecified atom stereocenters. The maximum absolute atomic E-state index is 17.6. The number of aliphatic hydroxyl groups excluding tert-OH is 3. The lowest BCUT2D eigenvalue weighted by Crippen LogP contribution is -2.56. The molecule has 4 fully saturated rings. The van der Waals surface area contributed by atoms with Crippen molar-refractivity contribution in [3.63, 3.8) is 0 Å². The van der Waals surface area contributed by atoms with Gasteiger partial charge in [-0.05, 0) is 55.5 Å². The summed E-state index contributed by atoms with van der Waals surface area (Å²) in [6, 6.07) is 4.61. The minimum atomic E-state index is -1.26.